The summed E-state index contributed by atoms with van der Waals surface area (Å²) in [5, 5.41) is 10.9. The number of methoxy groups -OCH3 is 2. The summed E-state index contributed by atoms with van der Waals surface area (Å²) in [6, 6.07) is 3.15. The summed E-state index contributed by atoms with van der Waals surface area (Å²) in [4.78, 5) is 13.8. The fraction of sp³-hybridized carbons (Fsp3) is 0.526. The van der Waals surface area contributed by atoms with E-state index < -0.39 is 11.7 Å². The number of likely N-dealkylation sites (N-methyl/N-ethyl adjacent to an activating group) is 1. The van der Waals surface area contributed by atoms with Gasteiger partial charge in [-0.15, -0.1) is 0 Å². The van der Waals surface area contributed by atoms with Gasteiger partial charge < -0.3 is 28.6 Å². The quantitative estimate of drug-likeness (QED) is 0.682. The molecule has 1 unspecified atom stereocenters. The number of rotatable bonds is 9. The van der Waals surface area contributed by atoms with Crippen molar-refractivity contribution in [1.82, 2.24) is 4.90 Å². The third-order valence-electron chi connectivity index (χ3n) is 4.32. The molecule has 0 aliphatic rings. The molecule has 0 aliphatic heterocycles. The second-order valence-electron chi connectivity index (χ2n) is 6.02. The molecule has 0 radical (unpaired) electrons. The Labute approximate surface area is 153 Å². The standard InChI is InChI=1S/C19H27NO6/c1-6-20(7-2)10-13(21)11-25-15-9-14-12(3)8-16(22)26-17(14)19(24-5)18(15)23-4/h8-9,13,21H,6-7,10-11H2,1-5H3. The van der Waals surface area contributed by atoms with Crippen molar-refractivity contribution in [2.45, 2.75) is 26.9 Å². The summed E-state index contributed by atoms with van der Waals surface area (Å²) in [7, 11) is 2.95. The molecule has 0 saturated carbocycles. The molecule has 1 aromatic heterocycles. The van der Waals surface area contributed by atoms with Crippen LogP contribution in [0.25, 0.3) is 11.0 Å². The van der Waals surface area contributed by atoms with Crippen LogP contribution in [0.3, 0.4) is 0 Å². The number of fused-ring (bicyclic) bond motifs is 1. The van der Waals surface area contributed by atoms with Crippen molar-refractivity contribution >= 4 is 11.0 Å². The van der Waals surface area contributed by atoms with E-state index in [0.717, 1.165) is 18.7 Å². The van der Waals surface area contributed by atoms with Gasteiger partial charge in [-0.3, -0.25) is 0 Å². The van der Waals surface area contributed by atoms with E-state index in [9.17, 15) is 9.90 Å². The van der Waals surface area contributed by atoms with Crippen LogP contribution in [0.4, 0.5) is 0 Å². The largest absolute Gasteiger partial charge is 0.490 e. The van der Waals surface area contributed by atoms with E-state index in [1.54, 1.807) is 6.07 Å². The van der Waals surface area contributed by atoms with Crippen molar-refractivity contribution in [2.75, 3.05) is 40.5 Å². The number of aliphatic hydroxyl groups is 1. The number of benzene rings is 1. The highest BCUT2D eigenvalue weighted by molar-refractivity contribution is 5.90. The summed E-state index contributed by atoms with van der Waals surface area (Å²) in [6.07, 6.45) is -0.642. The molecule has 0 fully saturated rings. The van der Waals surface area contributed by atoms with Gasteiger partial charge >= 0.3 is 5.63 Å². The van der Waals surface area contributed by atoms with Crippen molar-refractivity contribution in [3.63, 3.8) is 0 Å². The molecule has 0 spiro atoms. The normalized spacial score (nSPS) is 12.4. The van der Waals surface area contributed by atoms with E-state index in [0.29, 0.717) is 34.8 Å². The number of nitrogens with zero attached hydrogens (tertiary/aromatic N) is 1. The predicted octanol–water partition coefficient (Wildman–Crippen LogP) is 2.20. The SMILES string of the molecule is CCN(CC)CC(O)COc1cc2c(C)cc(=O)oc2c(OC)c1OC. The first-order chi connectivity index (χ1) is 12.4. The average Bonchev–Trinajstić information content (AvgIpc) is 2.63. The number of ether oxygens (including phenoxy) is 3. The minimum Gasteiger partial charge on any atom is -0.490 e. The van der Waals surface area contributed by atoms with Crippen molar-refractivity contribution in [3.05, 3.63) is 28.1 Å². The number of aliphatic hydroxyl groups excluding tert-OH is 1. The fourth-order valence-corrected chi connectivity index (χ4v) is 2.88. The highest BCUT2D eigenvalue weighted by Gasteiger charge is 2.21. The van der Waals surface area contributed by atoms with Crippen LogP contribution in [0.15, 0.2) is 21.3 Å². The van der Waals surface area contributed by atoms with Gasteiger partial charge in [-0.05, 0) is 31.6 Å². The zero-order valence-electron chi connectivity index (χ0n) is 16.0. The zero-order valence-corrected chi connectivity index (χ0v) is 16.0. The van der Waals surface area contributed by atoms with E-state index in [1.165, 1.54) is 20.3 Å². The van der Waals surface area contributed by atoms with Crippen LogP contribution in [0, 0.1) is 6.92 Å². The number of aryl methyl sites for hydroxylation is 1. The van der Waals surface area contributed by atoms with E-state index in [4.69, 9.17) is 18.6 Å². The van der Waals surface area contributed by atoms with Gasteiger partial charge in [0.25, 0.3) is 0 Å². The lowest BCUT2D eigenvalue weighted by Gasteiger charge is -2.22. The van der Waals surface area contributed by atoms with Gasteiger partial charge in [0.1, 0.15) is 12.7 Å². The lowest BCUT2D eigenvalue weighted by Crippen LogP contribution is -2.35. The first kappa shape index (κ1) is 20.1. The molecule has 26 heavy (non-hydrogen) atoms. The Morgan fingerprint density at radius 2 is 1.81 bits per heavy atom. The van der Waals surface area contributed by atoms with Crippen molar-refractivity contribution in [2.24, 2.45) is 0 Å². The minimum absolute atomic E-state index is 0.108. The second-order valence-corrected chi connectivity index (χ2v) is 6.02. The Hall–Kier alpha value is -2.25. The highest BCUT2D eigenvalue weighted by Crippen LogP contribution is 2.43. The Morgan fingerprint density at radius 1 is 1.15 bits per heavy atom. The zero-order chi connectivity index (χ0) is 19.3. The summed E-state index contributed by atoms with van der Waals surface area (Å²) in [6.45, 7) is 8.25. The van der Waals surface area contributed by atoms with Crippen LogP contribution < -0.4 is 19.8 Å². The fourth-order valence-electron chi connectivity index (χ4n) is 2.88. The van der Waals surface area contributed by atoms with Gasteiger partial charge in [0.2, 0.25) is 11.5 Å². The molecule has 7 heteroatoms. The highest BCUT2D eigenvalue weighted by atomic mass is 16.5. The Morgan fingerprint density at radius 3 is 2.38 bits per heavy atom. The predicted molar refractivity (Wildman–Crippen MR) is 99.6 cm³/mol. The van der Waals surface area contributed by atoms with E-state index in [1.807, 2.05) is 20.8 Å². The molecular formula is C19H27NO6. The van der Waals surface area contributed by atoms with Crippen LogP contribution in [-0.2, 0) is 0 Å². The molecule has 1 atom stereocenters. The molecule has 1 heterocycles. The number of hydrogen-bond acceptors (Lipinski definition) is 7. The van der Waals surface area contributed by atoms with Gasteiger partial charge in [0.05, 0.1) is 14.2 Å². The smallest absolute Gasteiger partial charge is 0.336 e. The van der Waals surface area contributed by atoms with Gasteiger partial charge in [0, 0.05) is 18.0 Å². The van der Waals surface area contributed by atoms with Crippen LogP contribution in [0.1, 0.15) is 19.4 Å². The molecular weight excluding hydrogens is 338 g/mol. The first-order valence-electron chi connectivity index (χ1n) is 8.67. The van der Waals surface area contributed by atoms with Crippen LogP contribution in [-0.4, -0.2) is 56.6 Å². The van der Waals surface area contributed by atoms with Gasteiger partial charge in [-0.1, -0.05) is 13.8 Å². The maximum atomic E-state index is 11.7. The van der Waals surface area contributed by atoms with Crippen LogP contribution in [0.2, 0.25) is 0 Å². The van der Waals surface area contributed by atoms with E-state index >= 15 is 0 Å². The third kappa shape index (κ3) is 4.28. The van der Waals surface area contributed by atoms with E-state index in [-0.39, 0.29) is 6.61 Å². The monoisotopic (exact) mass is 365 g/mol. The third-order valence-corrected chi connectivity index (χ3v) is 4.32. The molecule has 0 aliphatic carbocycles. The Kier molecular flexibility index (Phi) is 6.88. The van der Waals surface area contributed by atoms with Crippen molar-refractivity contribution in [3.8, 4) is 17.2 Å². The summed E-state index contributed by atoms with van der Waals surface area (Å²) >= 11 is 0. The van der Waals surface area contributed by atoms with Gasteiger partial charge in [-0.2, -0.15) is 0 Å². The first-order valence-corrected chi connectivity index (χ1v) is 8.67. The van der Waals surface area contributed by atoms with Gasteiger partial charge in [0.15, 0.2) is 11.3 Å². The lowest BCUT2D eigenvalue weighted by atomic mass is 10.1. The average molecular weight is 365 g/mol. The minimum atomic E-state index is -0.642. The lowest BCUT2D eigenvalue weighted by molar-refractivity contribution is 0.0704. The second kappa shape index (κ2) is 8.91. The summed E-state index contributed by atoms with van der Waals surface area (Å²) < 4.78 is 21.9. The van der Waals surface area contributed by atoms with E-state index in [2.05, 4.69) is 4.90 Å². The molecule has 1 aromatic carbocycles. The molecule has 0 saturated heterocycles. The molecule has 2 aromatic rings. The Bertz CT molecular complexity index is 797. The molecule has 144 valence electrons. The maximum Gasteiger partial charge on any atom is 0.336 e. The summed E-state index contributed by atoms with van der Waals surface area (Å²) in [5.41, 5.74) is 0.592. The van der Waals surface area contributed by atoms with Crippen LogP contribution in [0.5, 0.6) is 17.2 Å². The number of hydrogen-bond donors (Lipinski definition) is 1. The molecule has 0 bridgehead atoms. The molecule has 0 amide bonds. The van der Waals surface area contributed by atoms with Crippen molar-refractivity contribution in [1.29, 1.82) is 0 Å². The van der Waals surface area contributed by atoms with Crippen LogP contribution >= 0.6 is 0 Å². The Balaban J connectivity index is 2.36. The van der Waals surface area contributed by atoms with Crippen molar-refractivity contribution < 1.29 is 23.7 Å². The maximum absolute atomic E-state index is 11.7. The summed E-state index contributed by atoms with van der Waals surface area (Å²) in [5.74, 6) is 1.04. The molecule has 7 nitrogen and oxygen atoms in total. The molecule has 1 N–H and O–H groups in total. The molecule has 2 rings (SSSR count). The van der Waals surface area contributed by atoms with Gasteiger partial charge in [-0.25, -0.2) is 4.79 Å². The topological polar surface area (TPSA) is 81.4 Å².